The lowest BCUT2D eigenvalue weighted by atomic mass is 10.1. The fourth-order valence-corrected chi connectivity index (χ4v) is 1.87. The van der Waals surface area contributed by atoms with Crippen molar-refractivity contribution >= 4 is 18.0 Å². The normalized spacial score (nSPS) is 10.6. The van der Waals surface area contributed by atoms with Gasteiger partial charge in [0, 0.05) is 0 Å². The molecule has 0 bridgehead atoms. The Balaban J connectivity index is 2.24. The van der Waals surface area contributed by atoms with Gasteiger partial charge < -0.3 is 9.47 Å². The number of nitriles is 1. The smallest absolute Gasteiger partial charge is 0.348 e. The number of halogens is 1. The van der Waals surface area contributed by atoms with Crippen LogP contribution in [0.15, 0.2) is 54.1 Å². The predicted molar refractivity (Wildman–Crippen MR) is 83.4 cm³/mol. The van der Waals surface area contributed by atoms with Crippen LogP contribution in [-0.2, 0) is 9.53 Å². The Labute approximate surface area is 137 Å². The number of nitrogens with zero attached hydrogens (tertiary/aromatic N) is 1. The summed E-state index contributed by atoms with van der Waals surface area (Å²) in [5.74, 6) is -2.15. The molecule has 0 radical (unpaired) electrons. The van der Waals surface area contributed by atoms with Gasteiger partial charge in [-0.05, 0) is 35.9 Å². The number of hydrogen-bond donors (Lipinski definition) is 0. The number of hydrogen-bond acceptors (Lipinski definition) is 5. The molecule has 0 aliphatic heterocycles. The SMILES string of the molecule is COC(=O)/C(C#N)=C/c1cccc(OC(=O)c2ccccc2F)c1. The lowest BCUT2D eigenvalue weighted by molar-refractivity contribution is -0.135. The van der Waals surface area contributed by atoms with E-state index in [9.17, 15) is 14.0 Å². The van der Waals surface area contributed by atoms with Crippen LogP contribution in [0.4, 0.5) is 4.39 Å². The topological polar surface area (TPSA) is 76.4 Å². The molecule has 2 aromatic rings. The zero-order chi connectivity index (χ0) is 17.5. The van der Waals surface area contributed by atoms with Crippen molar-refractivity contribution in [2.75, 3.05) is 7.11 Å². The first-order chi connectivity index (χ1) is 11.5. The van der Waals surface area contributed by atoms with Crippen molar-refractivity contribution in [2.24, 2.45) is 0 Å². The summed E-state index contributed by atoms with van der Waals surface area (Å²) in [5.41, 5.74) is 0.0663. The second-order valence-corrected chi connectivity index (χ2v) is 4.60. The highest BCUT2D eigenvalue weighted by Crippen LogP contribution is 2.18. The molecular formula is C18H12FNO4. The molecule has 0 amide bonds. The van der Waals surface area contributed by atoms with Gasteiger partial charge in [-0.2, -0.15) is 5.26 Å². The number of benzene rings is 2. The number of methoxy groups -OCH3 is 1. The van der Waals surface area contributed by atoms with Gasteiger partial charge in [-0.3, -0.25) is 0 Å². The van der Waals surface area contributed by atoms with E-state index in [1.165, 1.54) is 43.5 Å². The summed E-state index contributed by atoms with van der Waals surface area (Å²) in [7, 11) is 1.17. The standard InChI is InChI=1S/C18H12FNO4/c1-23-17(21)13(11-20)9-12-5-4-6-14(10-12)24-18(22)15-7-2-3-8-16(15)19/h2-10H,1H3/b13-9+. The van der Waals surface area contributed by atoms with Gasteiger partial charge in [0.15, 0.2) is 0 Å². The maximum absolute atomic E-state index is 13.6. The van der Waals surface area contributed by atoms with E-state index in [1.54, 1.807) is 18.2 Å². The third-order valence-electron chi connectivity index (χ3n) is 3.00. The summed E-state index contributed by atoms with van der Waals surface area (Å²) < 4.78 is 23.2. The summed E-state index contributed by atoms with van der Waals surface area (Å²) in [6.45, 7) is 0. The van der Waals surface area contributed by atoms with Crippen molar-refractivity contribution in [2.45, 2.75) is 0 Å². The molecule has 2 aromatic carbocycles. The highest BCUT2D eigenvalue weighted by molar-refractivity contribution is 5.98. The fraction of sp³-hybridized carbons (Fsp3) is 0.0556. The van der Waals surface area contributed by atoms with E-state index in [-0.39, 0.29) is 16.9 Å². The van der Waals surface area contributed by atoms with Gasteiger partial charge in [0.2, 0.25) is 0 Å². The lowest BCUT2D eigenvalue weighted by Crippen LogP contribution is -2.10. The molecule has 0 aliphatic carbocycles. The van der Waals surface area contributed by atoms with Gasteiger partial charge in [-0.25, -0.2) is 14.0 Å². The summed E-state index contributed by atoms with van der Waals surface area (Å²) in [6.07, 6.45) is 1.30. The van der Waals surface area contributed by atoms with Crippen LogP contribution in [0.25, 0.3) is 6.08 Å². The Morgan fingerprint density at radius 2 is 1.92 bits per heavy atom. The molecule has 120 valence electrons. The van der Waals surface area contributed by atoms with Gasteiger partial charge >= 0.3 is 11.9 Å². The van der Waals surface area contributed by atoms with Crippen molar-refractivity contribution in [3.63, 3.8) is 0 Å². The molecule has 0 saturated carbocycles. The highest BCUT2D eigenvalue weighted by Gasteiger charge is 2.14. The van der Waals surface area contributed by atoms with Gasteiger partial charge in [0.1, 0.15) is 23.2 Å². The van der Waals surface area contributed by atoms with Crippen molar-refractivity contribution < 1.29 is 23.5 Å². The van der Waals surface area contributed by atoms with Crippen LogP contribution >= 0.6 is 0 Å². The Hall–Kier alpha value is -3.46. The van der Waals surface area contributed by atoms with E-state index < -0.39 is 17.8 Å². The average Bonchev–Trinajstić information content (AvgIpc) is 2.59. The Morgan fingerprint density at radius 1 is 1.17 bits per heavy atom. The van der Waals surface area contributed by atoms with E-state index in [0.29, 0.717) is 5.56 Å². The lowest BCUT2D eigenvalue weighted by Gasteiger charge is -2.06. The van der Waals surface area contributed by atoms with E-state index in [2.05, 4.69) is 4.74 Å². The third-order valence-corrected chi connectivity index (χ3v) is 3.00. The molecule has 0 heterocycles. The van der Waals surface area contributed by atoms with Crippen molar-refractivity contribution in [1.82, 2.24) is 0 Å². The van der Waals surface area contributed by atoms with E-state index in [0.717, 1.165) is 6.07 Å². The summed E-state index contributed by atoms with van der Waals surface area (Å²) >= 11 is 0. The molecule has 0 aliphatic rings. The Morgan fingerprint density at radius 3 is 2.58 bits per heavy atom. The van der Waals surface area contributed by atoms with E-state index in [4.69, 9.17) is 10.00 Å². The Kier molecular flexibility index (Phi) is 5.42. The van der Waals surface area contributed by atoms with Gasteiger partial charge in [0.25, 0.3) is 0 Å². The van der Waals surface area contributed by atoms with Gasteiger partial charge in [-0.1, -0.05) is 24.3 Å². The predicted octanol–water partition coefficient (Wildman–Crippen LogP) is 3.12. The first-order valence-corrected chi connectivity index (χ1v) is 6.82. The van der Waals surface area contributed by atoms with Gasteiger partial charge in [0.05, 0.1) is 12.7 Å². The quantitative estimate of drug-likeness (QED) is 0.373. The molecule has 0 spiro atoms. The zero-order valence-corrected chi connectivity index (χ0v) is 12.7. The average molecular weight is 325 g/mol. The minimum Gasteiger partial charge on any atom is -0.465 e. The maximum Gasteiger partial charge on any atom is 0.348 e. The number of rotatable bonds is 4. The number of ether oxygens (including phenoxy) is 2. The Bertz CT molecular complexity index is 852. The van der Waals surface area contributed by atoms with Crippen LogP contribution in [0, 0.1) is 17.1 Å². The van der Waals surface area contributed by atoms with Crippen molar-refractivity contribution in [3.05, 3.63) is 71.0 Å². The van der Waals surface area contributed by atoms with Gasteiger partial charge in [-0.15, -0.1) is 0 Å². The monoisotopic (exact) mass is 325 g/mol. The summed E-state index contributed by atoms with van der Waals surface area (Å²) in [6, 6.07) is 13.3. The largest absolute Gasteiger partial charge is 0.465 e. The minimum atomic E-state index is -0.845. The van der Waals surface area contributed by atoms with Crippen LogP contribution in [0.1, 0.15) is 15.9 Å². The molecule has 5 nitrogen and oxygen atoms in total. The molecule has 2 rings (SSSR count). The molecule has 0 unspecified atom stereocenters. The van der Waals surface area contributed by atoms with E-state index >= 15 is 0 Å². The summed E-state index contributed by atoms with van der Waals surface area (Å²) in [5, 5.41) is 8.94. The number of esters is 2. The molecular weight excluding hydrogens is 313 g/mol. The first-order valence-electron chi connectivity index (χ1n) is 6.82. The molecule has 24 heavy (non-hydrogen) atoms. The van der Waals surface area contributed by atoms with Crippen LogP contribution < -0.4 is 4.74 Å². The third kappa shape index (κ3) is 4.05. The minimum absolute atomic E-state index is 0.152. The molecule has 0 N–H and O–H groups in total. The summed E-state index contributed by atoms with van der Waals surface area (Å²) in [4.78, 5) is 23.4. The maximum atomic E-state index is 13.6. The van der Waals surface area contributed by atoms with E-state index in [1.807, 2.05) is 0 Å². The molecule has 0 fully saturated rings. The second kappa shape index (κ2) is 7.70. The molecule has 0 atom stereocenters. The first kappa shape index (κ1) is 16.9. The number of carbonyl (C=O) groups excluding carboxylic acids is 2. The zero-order valence-electron chi connectivity index (χ0n) is 12.7. The molecule has 0 saturated heterocycles. The van der Waals surface area contributed by atoms with Crippen LogP contribution in [0.3, 0.4) is 0 Å². The molecule has 6 heteroatoms. The number of carbonyl (C=O) groups is 2. The van der Waals surface area contributed by atoms with Crippen LogP contribution in [0.5, 0.6) is 5.75 Å². The second-order valence-electron chi connectivity index (χ2n) is 4.60. The molecule has 0 aromatic heterocycles. The van der Waals surface area contributed by atoms with Crippen LogP contribution in [0.2, 0.25) is 0 Å². The van der Waals surface area contributed by atoms with Crippen LogP contribution in [-0.4, -0.2) is 19.0 Å². The fourth-order valence-electron chi connectivity index (χ4n) is 1.87. The van der Waals surface area contributed by atoms with Crippen molar-refractivity contribution in [3.8, 4) is 11.8 Å². The van der Waals surface area contributed by atoms with Crippen molar-refractivity contribution in [1.29, 1.82) is 5.26 Å². The highest BCUT2D eigenvalue weighted by atomic mass is 19.1.